The molecule has 10 heteroatoms. The van der Waals surface area contributed by atoms with Crippen molar-refractivity contribution in [3.63, 3.8) is 0 Å². The van der Waals surface area contributed by atoms with Gasteiger partial charge in [-0.1, -0.05) is 126 Å². The van der Waals surface area contributed by atoms with Crippen molar-refractivity contribution in [1.82, 2.24) is 0 Å². The monoisotopic (exact) mass is 695 g/mol. The lowest BCUT2D eigenvalue weighted by atomic mass is 9.89. The Hall–Kier alpha value is -4.15. The molecule has 4 aromatic carbocycles. The second-order valence-electron chi connectivity index (χ2n) is 13.0. The normalized spacial score (nSPS) is 20.5. The van der Waals surface area contributed by atoms with Gasteiger partial charge in [0.25, 0.3) is 0 Å². The average Bonchev–Trinajstić information content (AvgIpc) is 3.13. The molecule has 1 heterocycles. The Morgan fingerprint density at radius 2 is 1.32 bits per heavy atom. The average molecular weight is 696 g/mol. The van der Waals surface area contributed by atoms with Crippen LogP contribution in [0.15, 0.2) is 125 Å². The summed E-state index contributed by atoms with van der Waals surface area (Å²) >= 11 is 1.47. The minimum atomic E-state index is -0.937. The van der Waals surface area contributed by atoms with Crippen molar-refractivity contribution in [2.24, 2.45) is 10.5 Å². The molecule has 50 heavy (non-hydrogen) atoms. The number of carbonyl (C=O) groups is 1. The van der Waals surface area contributed by atoms with Gasteiger partial charge in [-0.15, -0.1) is 0 Å². The summed E-state index contributed by atoms with van der Waals surface area (Å²) in [5, 5.41) is 3.65. The van der Waals surface area contributed by atoms with Crippen LogP contribution in [0.3, 0.4) is 0 Å². The van der Waals surface area contributed by atoms with Gasteiger partial charge in [0.1, 0.15) is 23.7 Å². The van der Waals surface area contributed by atoms with E-state index < -0.39 is 41.2 Å². The summed E-state index contributed by atoms with van der Waals surface area (Å²) in [6, 6.07) is 37.9. The number of esters is 1. The number of rotatable bonds is 17. The van der Waals surface area contributed by atoms with E-state index in [1.165, 1.54) is 11.8 Å². The number of hydrogen-bond donors (Lipinski definition) is 0. The molecular weight excluding hydrogens is 651 g/mol. The fourth-order valence-corrected chi connectivity index (χ4v) is 6.64. The highest BCUT2D eigenvalue weighted by molar-refractivity contribution is 7.99. The van der Waals surface area contributed by atoms with Crippen molar-refractivity contribution < 1.29 is 28.5 Å². The smallest absolute Gasteiger partial charge is 0.312 e. The van der Waals surface area contributed by atoms with Gasteiger partial charge in [-0.25, -0.2) is 0 Å². The van der Waals surface area contributed by atoms with Crippen molar-refractivity contribution >= 4 is 17.7 Å². The maximum atomic E-state index is 13.9. The molecule has 1 fully saturated rings. The Morgan fingerprint density at radius 1 is 0.780 bits per heavy atom. The third kappa shape index (κ3) is 10.9. The molecule has 0 aromatic heterocycles. The highest BCUT2D eigenvalue weighted by Gasteiger charge is 2.51. The highest BCUT2D eigenvalue weighted by atomic mass is 32.2. The standard InChI is InChI=1S/C40H45N3O6S/c1-29-19-21-33(22-20-29)50-38-37(49-39(44)40(2,3)23-24-42-43-41)36(47-27-32-17-11-6-12-18-32)35(46-26-31-15-9-5-10-16-31)34(48-38)28-45-25-30-13-7-4-8-14-30/h4-22,34-38H,23-28H2,1-3H3/t34-,35-,36+,37-,38+/m1/s1. The van der Waals surface area contributed by atoms with Crippen molar-refractivity contribution in [1.29, 1.82) is 0 Å². The molecule has 5 atom stereocenters. The number of azide groups is 1. The minimum absolute atomic E-state index is 0.166. The second-order valence-corrected chi connectivity index (χ2v) is 14.1. The molecule has 262 valence electrons. The molecule has 0 bridgehead atoms. The van der Waals surface area contributed by atoms with E-state index in [4.69, 9.17) is 29.2 Å². The van der Waals surface area contributed by atoms with E-state index in [9.17, 15) is 4.79 Å². The van der Waals surface area contributed by atoms with Gasteiger partial charge in [0, 0.05) is 16.4 Å². The first-order chi connectivity index (χ1) is 24.3. The van der Waals surface area contributed by atoms with Gasteiger partial charge >= 0.3 is 5.97 Å². The maximum absolute atomic E-state index is 13.9. The number of nitrogens with zero attached hydrogens (tertiary/aromatic N) is 3. The lowest BCUT2D eigenvalue weighted by Gasteiger charge is -2.46. The summed E-state index contributed by atoms with van der Waals surface area (Å²) in [5.41, 5.74) is 11.4. The van der Waals surface area contributed by atoms with Gasteiger partial charge in [-0.3, -0.25) is 4.79 Å². The molecule has 1 saturated heterocycles. The van der Waals surface area contributed by atoms with Crippen molar-refractivity contribution in [2.45, 2.75) is 81.8 Å². The van der Waals surface area contributed by atoms with E-state index in [0.717, 1.165) is 27.1 Å². The highest BCUT2D eigenvalue weighted by Crippen LogP contribution is 2.39. The fourth-order valence-electron chi connectivity index (χ4n) is 5.53. The van der Waals surface area contributed by atoms with E-state index in [2.05, 4.69) is 10.0 Å². The van der Waals surface area contributed by atoms with Gasteiger partial charge in [-0.05, 0) is 61.5 Å². The summed E-state index contributed by atoms with van der Waals surface area (Å²) in [7, 11) is 0. The van der Waals surface area contributed by atoms with Crippen molar-refractivity contribution in [3.8, 4) is 0 Å². The van der Waals surface area contributed by atoms with Gasteiger partial charge in [0.2, 0.25) is 0 Å². The molecule has 0 unspecified atom stereocenters. The topological polar surface area (TPSA) is 112 Å². The van der Waals surface area contributed by atoms with E-state index >= 15 is 0 Å². The first kappa shape index (κ1) is 37.1. The molecule has 0 aliphatic carbocycles. The van der Waals surface area contributed by atoms with Crippen LogP contribution >= 0.6 is 11.8 Å². The Kier molecular flexibility index (Phi) is 13.9. The predicted molar refractivity (Wildman–Crippen MR) is 194 cm³/mol. The van der Waals surface area contributed by atoms with E-state index in [-0.39, 0.29) is 19.8 Å². The van der Waals surface area contributed by atoms with E-state index in [1.807, 2.05) is 122 Å². The lowest BCUT2D eigenvalue weighted by molar-refractivity contribution is -0.252. The van der Waals surface area contributed by atoms with Crippen LogP contribution in [0.2, 0.25) is 0 Å². The summed E-state index contributed by atoms with van der Waals surface area (Å²) in [6.45, 7) is 6.97. The lowest BCUT2D eigenvalue weighted by Crippen LogP contribution is -2.61. The minimum Gasteiger partial charge on any atom is -0.455 e. The van der Waals surface area contributed by atoms with Crippen LogP contribution in [-0.2, 0) is 48.3 Å². The Bertz CT molecular complexity index is 1650. The van der Waals surface area contributed by atoms with Gasteiger partial charge in [0.05, 0.1) is 31.8 Å². The molecule has 4 aromatic rings. The molecule has 1 aliphatic rings. The van der Waals surface area contributed by atoms with Crippen LogP contribution < -0.4 is 0 Å². The molecule has 0 amide bonds. The molecule has 1 aliphatic heterocycles. The summed E-state index contributed by atoms with van der Waals surface area (Å²) < 4.78 is 33.0. The Morgan fingerprint density at radius 3 is 1.88 bits per heavy atom. The molecule has 0 saturated carbocycles. The summed E-state index contributed by atoms with van der Waals surface area (Å²) in [6.07, 6.45) is -2.48. The third-order valence-corrected chi connectivity index (χ3v) is 9.68. The number of hydrogen-bond acceptors (Lipinski definition) is 8. The zero-order valence-corrected chi connectivity index (χ0v) is 29.6. The number of benzene rings is 4. The Balaban J connectivity index is 1.50. The predicted octanol–water partition coefficient (Wildman–Crippen LogP) is 8.84. The maximum Gasteiger partial charge on any atom is 0.312 e. The fraction of sp³-hybridized carbons (Fsp3) is 0.375. The Labute approximate surface area is 298 Å². The summed E-state index contributed by atoms with van der Waals surface area (Å²) in [4.78, 5) is 17.8. The quantitative estimate of drug-likeness (QED) is 0.0470. The summed E-state index contributed by atoms with van der Waals surface area (Å²) in [5.74, 6) is -0.442. The number of ether oxygens (including phenoxy) is 5. The molecule has 5 rings (SSSR count). The van der Waals surface area contributed by atoms with Crippen LogP contribution in [0, 0.1) is 12.3 Å². The second kappa shape index (κ2) is 18.7. The van der Waals surface area contributed by atoms with Gasteiger partial charge < -0.3 is 23.7 Å². The van der Waals surface area contributed by atoms with Gasteiger partial charge in [-0.2, -0.15) is 0 Å². The largest absolute Gasteiger partial charge is 0.455 e. The third-order valence-electron chi connectivity index (χ3n) is 8.52. The van der Waals surface area contributed by atoms with Crippen LogP contribution in [-0.4, -0.2) is 49.0 Å². The van der Waals surface area contributed by atoms with E-state index in [1.54, 1.807) is 13.8 Å². The molecule has 0 spiro atoms. The zero-order valence-electron chi connectivity index (χ0n) is 28.8. The van der Waals surface area contributed by atoms with Crippen LogP contribution in [0.1, 0.15) is 42.5 Å². The number of carbonyl (C=O) groups excluding carboxylic acids is 1. The van der Waals surface area contributed by atoms with E-state index in [0.29, 0.717) is 19.6 Å². The van der Waals surface area contributed by atoms with Crippen LogP contribution in [0.4, 0.5) is 0 Å². The van der Waals surface area contributed by atoms with Crippen LogP contribution in [0.25, 0.3) is 10.4 Å². The van der Waals surface area contributed by atoms with Crippen molar-refractivity contribution in [3.05, 3.63) is 148 Å². The molecule has 0 radical (unpaired) electrons. The first-order valence-electron chi connectivity index (χ1n) is 16.9. The first-order valence-corrected chi connectivity index (χ1v) is 17.7. The van der Waals surface area contributed by atoms with Crippen LogP contribution in [0.5, 0.6) is 0 Å². The molecular formula is C40H45N3O6S. The number of aryl methyl sites for hydroxylation is 1. The van der Waals surface area contributed by atoms with Crippen molar-refractivity contribution in [2.75, 3.05) is 13.2 Å². The number of thioether (sulfide) groups is 1. The molecule has 9 nitrogen and oxygen atoms in total. The van der Waals surface area contributed by atoms with Gasteiger partial charge in [0.15, 0.2) is 6.10 Å². The molecule has 0 N–H and O–H groups in total. The zero-order chi connectivity index (χ0) is 35.2. The SMILES string of the molecule is Cc1ccc(S[C@@H]2O[C@H](COCc3ccccc3)[C@@H](OCc3ccccc3)[C@H](OCc3ccccc3)[C@H]2OC(=O)C(C)(C)CCN=[N+]=[N-])cc1.